The molecular weight excluding hydrogens is 385 g/mol. The standard InChI is InChI=1S/C19H20FN3O4S/c1-28(26,27)23(17-6-3-2-5-16(17)20)13-18(24)21-14-8-10-15(11-9-14)22-12-4-7-19(22)25/h2-3,5-6,8-11H,4,7,12-13H2,1H3,(H,21,24). The Morgan fingerprint density at radius 1 is 1.18 bits per heavy atom. The van der Waals surface area contributed by atoms with Crippen LogP contribution in [0, 0.1) is 5.82 Å². The van der Waals surface area contributed by atoms with Crippen LogP contribution >= 0.6 is 0 Å². The van der Waals surface area contributed by atoms with Crippen molar-refractivity contribution in [2.45, 2.75) is 12.8 Å². The van der Waals surface area contributed by atoms with Crippen molar-refractivity contribution in [3.05, 3.63) is 54.3 Å². The van der Waals surface area contributed by atoms with Gasteiger partial charge in [0.1, 0.15) is 12.4 Å². The van der Waals surface area contributed by atoms with Crippen molar-refractivity contribution in [1.29, 1.82) is 0 Å². The third-order valence-electron chi connectivity index (χ3n) is 4.34. The van der Waals surface area contributed by atoms with E-state index in [0.29, 0.717) is 18.7 Å². The van der Waals surface area contributed by atoms with Crippen LogP contribution in [-0.4, -0.2) is 39.6 Å². The van der Waals surface area contributed by atoms with Crippen molar-refractivity contribution >= 4 is 38.9 Å². The summed E-state index contributed by atoms with van der Waals surface area (Å²) in [6, 6.07) is 12.0. The van der Waals surface area contributed by atoms with Crippen molar-refractivity contribution in [2.24, 2.45) is 0 Å². The Hall–Kier alpha value is -2.94. The molecule has 9 heteroatoms. The van der Waals surface area contributed by atoms with Gasteiger partial charge in [0.05, 0.1) is 11.9 Å². The minimum Gasteiger partial charge on any atom is -0.325 e. The summed E-state index contributed by atoms with van der Waals surface area (Å²) < 4.78 is 38.8. The van der Waals surface area contributed by atoms with Crippen LogP contribution in [0.5, 0.6) is 0 Å². The fourth-order valence-electron chi connectivity index (χ4n) is 3.01. The van der Waals surface area contributed by atoms with Crippen LogP contribution in [0.1, 0.15) is 12.8 Å². The Balaban J connectivity index is 1.71. The van der Waals surface area contributed by atoms with E-state index in [1.54, 1.807) is 29.2 Å². The Labute approximate surface area is 162 Å². The molecule has 28 heavy (non-hydrogen) atoms. The number of hydrogen-bond acceptors (Lipinski definition) is 4. The van der Waals surface area contributed by atoms with Gasteiger partial charge in [-0.3, -0.25) is 13.9 Å². The van der Waals surface area contributed by atoms with Crippen molar-refractivity contribution in [1.82, 2.24) is 0 Å². The number of nitrogens with one attached hydrogen (secondary N) is 1. The molecule has 1 heterocycles. The highest BCUT2D eigenvalue weighted by Crippen LogP contribution is 2.24. The van der Waals surface area contributed by atoms with Crippen molar-refractivity contribution in [3.63, 3.8) is 0 Å². The van der Waals surface area contributed by atoms with Gasteiger partial charge in [0.25, 0.3) is 0 Å². The number of amides is 2. The molecular formula is C19H20FN3O4S. The van der Waals surface area contributed by atoms with E-state index in [0.717, 1.165) is 28.7 Å². The number of carbonyl (C=O) groups is 2. The van der Waals surface area contributed by atoms with Gasteiger partial charge < -0.3 is 10.2 Å². The maximum absolute atomic E-state index is 14.0. The van der Waals surface area contributed by atoms with E-state index in [1.807, 2.05) is 0 Å². The Kier molecular flexibility index (Phi) is 5.64. The predicted molar refractivity (Wildman–Crippen MR) is 105 cm³/mol. The molecule has 3 rings (SSSR count). The summed E-state index contributed by atoms with van der Waals surface area (Å²) in [5.41, 5.74) is 0.995. The summed E-state index contributed by atoms with van der Waals surface area (Å²) in [4.78, 5) is 25.8. The zero-order chi connectivity index (χ0) is 20.3. The van der Waals surface area contributed by atoms with Gasteiger partial charge in [0.2, 0.25) is 21.8 Å². The molecule has 2 amide bonds. The first-order valence-corrected chi connectivity index (χ1v) is 10.5. The number of halogens is 1. The average Bonchev–Trinajstić information content (AvgIpc) is 3.06. The summed E-state index contributed by atoms with van der Waals surface area (Å²) in [5, 5.41) is 2.59. The molecule has 0 saturated carbocycles. The van der Waals surface area contributed by atoms with Crippen LogP contribution in [0.3, 0.4) is 0 Å². The lowest BCUT2D eigenvalue weighted by molar-refractivity contribution is -0.117. The van der Waals surface area contributed by atoms with Crippen LogP contribution in [0.25, 0.3) is 0 Å². The molecule has 1 aliphatic rings. The molecule has 1 N–H and O–H groups in total. The van der Waals surface area contributed by atoms with E-state index in [2.05, 4.69) is 5.32 Å². The number of nitrogens with zero attached hydrogens (tertiary/aromatic N) is 2. The topological polar surface area (TPSA) is 86.8 Å². The minimum absolute atomic E-state index is 0.0606. The summed E-state index contributed by atoms with van der Waals surface area (Å²) in [6.07, 6.45) is 2.25. The normalized spacial score (nSPS) is 14.2. The average molecular weight is 405 g/mol. The van der Waals surface area contributed by atoms with Gasteiger partial charge in [-0.05, 0) is 42.8 Å². The van der Waals surface area contributed by atoms with Gasteiger partial charge in [-0.2, -0.15) is 0 Å². The Bertz CT molecular complexity index is 992. The van der Waals surface area contributed by atoms with Crippen molar-refractivity contribution in [3.8, 4) is 0 Å². The quantitative estimate of drug-likeness (QED) is 0.799. The SMILES string of the molecule is CS(=O)(=O)N(CC(=O)Nc1ccc(N2CCCC2=O)cc1)c1ccccc1F. The smallest absolute Gasteiger partial charge is 0.245 e. The van der Waals surface area contributed by atoms with E-state index in [4.69, 9.17) is 0 Å². The minimum atomic E-state index is -3.86. The lowest BCUT2D eigenvalue weighted by atomic mass is 10.2. The molecule has 0 atom stereocenters. The summed E-state index contributed by atoms with van der Waals surface area (Å²) in [6.45, 7) is 0.0998. The number of carbonyl (C=O) groups excluding carboxylic acids is 2. The maximum atomic E-state index is 14.0. The second-order valence-electron chi connectivity index (χ2n) is 6.47. The first-order valence-electron chi connectivity index (χ1n) is 8.68. The lowest BCUT2D eigenvalue weighted by Crippen LogP contribution is -2.38. The Morgan fingerprint density at radius 2 is 1.86 bits per heavy atom. The molecule has 1 saturated heterocycles. The molecule has 2 aromatic carbocycles. The molecule has 148 valence electrons. The van der Waals surface area contributed by atoms with Crippen molar-refractivity contribution in [2.75, 3.05) is 33.9 Å². The molecule has 2 aromatic rings. The van der Waals surface area contributed by atoms with Gasteiger partial charge in [0.15, 0.2) is 0 Å². The molecule has 1 aliphatic heterocycles. The number of anilines is 3. The van der Waals surface area contributed by atoms with E-state index < -0.39 is 28.3 Å². The highest BCUT2D eigenvalue weighted by molar-refractivity contribution is 7.92. The van der Waals surface area contributed by atoms with E-state index in [9.17, 15) is 22.4 Å². The fourth-order valence-corrected chi connectivity index (χ4v) is 3.87. The lowest BCUT2D eigenvalue weighted by Gasteiger charge is -2.22. The predicted octanol–water partition coefficient (Wildman–Crippen LogP) is 2.36. The van der Waals surface area contributed by atoms with Crippen LogP contribution in [0.4, 0.5) is 21.5 Å². The van der Waals surface area contributed by atoms with Crippen LogP contribution < -0.4 is 14.5 Å². The van der Waals surface area contributed by atoms with Crippen LogP contribution in [0.15, 0.2) is 48.5 Å². The van der Waals surface area contributed by atoms with Gasteiger partial charge in [-0.1, -0.05) is 12.1 Å². The molecule has 7 nitrogen and oxygen atoms in total. The zero-order valence-corrected chi connectivity index (χ0v) is 16.1. The summed E-state index contributed by atoms with van der Waals surface area (Å²) >= 11 is 0. The van der Waals surface area contributed by atoms with Gasteiger partial charge >= 0.3 is 0 Å². The fraction of sp³-hybridized carbons (Fsp3) is 0.263. The summed E-state index contributed by atoms with van der Waals surface area (Å²) in [5.74, 6) is -1.29. The highest BCUT2D eigenvalue weighted by Gasteiger charge is 2.24. The molecule has 0 aromatic heterocycles. The third-order valence-corrected chi connectivity index (χ3v) is 5.47. The molecule has 0 aliphatic carbocycles. The molecule has 0 spiro atoms. The van der Waals surface area contributed by atoms with E-state index in [-0.39, 0.29) is 11.6 Å². The van der Waals surface area contributed by atoms with E-state index in [1.165, 1.54) is 18.2 Å². The van der Waals surface area contributed by atoms with Crippen molar-refractivity contribution < 1.29 is 22.4 Å². The van der Waals surface area contributed by atoms with E-state index >= 15 is 0 Å². The molecule has 0 unspecified atom stereocenters. The number of benzene rings is 2. The molecule has 0 bridgehead atoms. The van der Waals surface area contributed by atoms with Crippen LogP contribution in [0.2, 0.25) is 0 Å². The number of rotatable bonds is 6. The van der Waals surface area contributed by atoms with Gasteiger partial charge in [0, 0.05) is 24.3 Å². The third kappa shape index (κ3) is 4.48. The first-order chi connectivity index (χ1) is 13.3. The number of para-hydroxylation sites is 1. The number of hydrogen-bond donors (Lipinski definition) is 1. The van der Waals surface area contributed by atoms with Gasteiger partial charge in [-0.25, -0.2) is 12.8 Å². The Morgan fingerprint density at radius 3 is 2.43 bits per heavy atom. The second kappa shape index (κ2) is 7.97. The second-order valence-corrected chi connectivity index (χ2v) is 8.37. The highest BCUT2D eigenvalue weighted by atomic mass is 32.2. The largest absolute Gasteiger partial charge is 0.325 e. The van der Waals surface area contributed by atoms with Gasteiger partial charge in [-0.15, -0.1) is 0 Å². The molecule has 1 fully saturated rings. The monoisotopic (exact) mass is 405 g/mol. The summed E-state index contributed by atoms with van der Waals surface area (Å²) in [7, 11) is -3.86. The van der Waals surface area contributed by atoms with Crippen LogP contribution in [-0.2, 0) is 19.6 Å². The first kappa shape index (κ1) is 19.8. The molecule has 0 radical (unpaired) electrons. The maximum Gasteiger partial charge on any atom is 0.245 e. The zero-order valence-electron chi connectivity index (χ0n) is 15.3. The number of sulfonamides is 1.